The van der Waals surface area contributed by atoms with Gasteiger partial charge in [-0.2, -0.15) is 0 Å². The second-order valence-electron chi connectivity index (χ2n) is 5.91. The zero-order valence-corrected chi connectivity index (χ0v) is 12.9. The van der Waals surface area contributed by atoms with Crippen LogP contribution in [0.4, 0.5) is 0 Å². The topological polar surface area (TPSA) is 12.9 Å². The lowest BCUT2D eigenvalue weighted by Crippen LogP contribution is -2.04. The number of fused-ring (bicyclic) bond motifs is 1. The molecule has 0 amide bonds. The Labute approximate surface area is 126 Å². The van der Waals surface area contributed by atoms with Crippen molar-refractivity contribution in [1.29, 1.82) is 0 Å². The van der Waals surface area contributed by atoms with Gasteiger partial charge in [-0.1, -0.05) is 49.4 Å². The molecule has 0 aliphatic heterocycles. The number of aromatic nitrogens is 1. The minimum atomic E-state index is 0.486. The number of aryl methyl sites for hydroxylation is 2. The molecule has 0 spiro atoms. The maximum absolute atomic E-state index is 4.80. The van der Waals surface area contributed by atoms with Crippen LogP contribution in [-0.2, 0) is 6.42 Å². The average molecular weight is 275 g/mol. The molecule has 106 valence electrons. The van der Waals surface area contributed by atoms with Gasteiger partial charge >= 0.3 is 0 Å². The van der Waals surface area contributed by atoms with Gasteiger partial charge in [-0.25, -0.2) is 0 Å². The molecule has 1 heterocycles. The lowest BCUT2D eigenvalue weighted by molar-refractivity contribution is 0.733. The highest BCUT2D eigenvalue weighted by molar-refractivity contribution is 5.78. The predicted octanol–water partition coefficient (Wildman–Crippen LogP) is 5.20. The highest BCUT2D eigenvalue weighted by atomic mass is 14.7. The van der Waals surface area contributed by atoms with Crippen LogP contribution in [0.3, 0.4) is 0 Å². The first-order valence-corrected chi connectivity index (χ1v) is 7.56. The lowest BCUT2D eigenvalue weighted by atomic mass is 9.89. The number of para-hydroxylation sites is 1. The van der Waals surface area contributed by atoms with Crippen LogP contribution in [0, 0.1) is 13.8 Å². The second kappa shape index (κ2) is 5.69. The molecular weight excluding hydrogens is 254 g/mol. The Balaban J connectivity index is 1.91. The van der Waals surface area contributed by atoms with Crippen molar-refractivity contribution in [3.05, 3.63) is 77.0 Å². The fourth-order valence-corrected chi connectivity index (χ4v) is 3.24. The number of hydrogen-bond donors (Lipinski definition) is 0. The van der Waals surface area contributed by atoms with E-state index >= 15 is 0 Å². The maximum Gasteiger partial charge on any atom is 0.0705 e. The Kier molecular flexibility index (Phi) is 3.74. The second-order valence-corrected chi connectivity index (χ2v) is 5.91. The largest absolute Gasteiger partial charge is 0.253 e. The van der Waals surface area contributed by atoms with Crippen LogP contribution in [-0.4, -0.2) is 4.98 Å². The van der Waals surface area contributed by atoms with E-state index in [0.29, 0.717) is 5.92 Å². The third kappa shape index (κ3) is 2.82. The van der Waals surface area contributed by atoms with Crippen LogP contribution in [0.25, 0.3) is 10.9 Å². The summed E-state index contributed by atoms with van der Waals surface area (Å²) in [6.45, 7) is 6.70. The molecular formula is C20H21N. The summed E-state index contributed by atoms with van der Waals surface area (Å²) in [6.07, 6.45) is 0.983. The summed E-state index contributed by atoms with van der Waals surface area (Å²) in [7, 11) is 0. The maximum atomic E-state index is 4.80. The van der Waals surface area contributed by atoms with Gasteiger partial charge in [0.2, 0.25) is 0 Å². The van der Waals surface area contributed by atoms with Crippen molar-refractivity contribution >= 4 is 10.9 Å². The van der Waals surface area contributed by atoms with Crippen LogP contribution >= 0.6 is 0 Å². The first-order chi connectivity index (χ1) is 10.1. The van der Waals surface area contributed by atoms with E-state index in [4.69, 9.17) is 4.98 Å². The SMILES string of the molecule is Cc1cccc(C)c1[C@H](C)Cc1ccc2ccccc2n1. The van der Waals surface area contributed by atoms with Crippen molar-refractivity contribution in [2.45, 2.75) is 33.1 Å². The number of benzene rings is 2. The van der Waals surface area contributed by atoms with Crippen molar-refractivity contribution in [2.75, 3.05) is 0 Å². The summed E-state index contributed by atoms with van der Waals surface area (Å²) in [5, 5.41) is 1.21. The molecule has 0 N–H and O–H groups in total. The molecule has 0 aliphatic carbocycles. The van der Waals surface area contributed by atoms with Crippen LogP contribution in [0.15, 0.2) is 54.6 Å². The van der Waals surface area contributed by atoms with Crippen molar-refractivity contribution in [3.8, 4) is 0 Å². The zero-order chi connectivity index (χ0) is 14.8. The Morgan fingerprint density at radius 2 is 1.57 bits per heavy atom. The van der Waals surface area contributed by atoms with Gasteiger partial charge in [0.15, 0.2) is 0 Å². The molecule has 0 saturated carbocycles. The fourth-order valence-electron chi connectivity index (χ4n) is 3.24. The van der Waals surface area contributed by atoms with Crippen LogP contribution < -0.4 is 0 Å². The van der Waals surface area contributed by atoms with Gasteiger partial charge < -0.3 is 0 Å². The van der Waals surface area contributed by atoms with Crippen molar-refractivity contribution in [3.63, 3.8) is 0 Å². The average Bonchev–Trinajstić information content (AvgIpc) is 2.47. The standard InChI is InChI=1S/C20H21N/c1-14-7-6-8-15(2)20(14)16(3)13-18-12-11-17-9-4-5-10-19(17)21-18/h4-12,16H,13H2,1-3H3/t16-/m1/s1. The molecule has 0 radical (unpaired) electrons. The molecule has 21 heavy (non-hydrogen) atoms. The van der Waals surface area contributed by atoms with Gasteiger partial charge in [-0.15, -0.1) is 0 Å². The summed E-state index contributed by atoms with van der Waals surface area (Å²) in [6, 6.07) is 19.2. The number of rotatable bonds is 3. The molecule has 2 aromatic carbocycles. The molecule has 0 bridgehead atoms. The van der Waals surface area contributed by atoms with E-state index in [-0.39, 0.29) is 0 Å². The Hall–Kier alpha value is -2.15. The first kappa shape index (κ1) is 13.8. The zero-order valence-electron chi connectivity index (χ0n) is 12.9. The Bertz CT molecular complexity index is 753. The molecule has 1 heteroatoms. The molecule has 0 saturated heterocycles. The van der Waals surface area contributed by atoms with Crippen LogP contribution in [0.2, 0.25) is 0 Å². The predicted molar refractivity (Wildman–Crippen MR) is 89.8 cm³/mol. The summed E-state index contributed by atoms with van der Waals surface area (Å²) in [5.41, 5.74) is 6.48. The van der Waals surface area contributed by atoms with Gasteiger partial charge in [-0.05, 0) is 55.0 Å². The summed E-state index contributed by atoms with van der Waals surface area (Å²) >= 11 is 0. The molecule has 0 fully saturated rings. The van der Waals surface area contributed by atoms with Gasteiger partial charge in [0.1, 0.15) is 0 Å². The number of pyridine rings is 1. The molecule has 1 aromatic heterocycles. The Morgan fingerprint density at radius 1 is 0.857 bits per heavy atom. The molecule has 3 rings (SSSR count). The normalized spacial score (nSPS) is 12.5. The monoisotopic (exact) mass is 275 g/mol. The summed E-state index contributed by atoms with van der Waals surface area (Å²) in [5.74, 6) is 0.486. The van der Waals surface area contributed by atoms with Crippen LogP contribution in [0.5, 0.6) is 0 Å². The van der Waals surface area contributed by atoms with E-state index in [9.17, 15) is 0 Å². The van der Waals surface area contributed by atoms with Gasteiger partial charge in [-0.3, -0.25) is 4.98 Å². The third-order valence-electron chi connectivity index (χ3n) is 4.21. The molecule has 0 unspecified atom stereocenters. The van der Waals surface area contributed by atoms with E-state index in [0.717, 1.165) is 11.9 Å². The molecule has 0 aliphatic rings. The van der Waals surface area contributed by atoms with E-state index in [1.165, 1.54) is 27.8 Å². The lowest BCUT2D eigenvalue weighted by Gasteiger charge is -2.17. The van der Waals surface area contributed by atoms with E-state index in [1.807, 2.05) is 6.07 Å². The van der Waals surface area contributed by atoms with Gasteiger partial charge in [0, 0.05) is 11.1 Å². The Morgan fingerprint density at radius 3 is 2.33 bits per heavy atom. The van der Waals surface area contributed by atoms with E-state index in [2.05, 4.69) is 69.3 Å². The highest BCUT2D eigenvalue weighted by Gasteiger charge is 2.12. The molecule has 1 nitrogen and oxygen atoms in total. The van der Waals surface area contributed by atoms with Crippen molar-refractivity contribution in [1.82, 2.24) is 4.98 Å². The minimum Gasteiger partial charge on any atom is -0.253 e. The first-order valence-electron chi connectivity index (χ1n) is 7.56. The summed E-state index contributed by atoms with van der Waals surface area (Å²) < 4.78 is 0. The molecule has 3 aromatic rings. The van der Waals surface area contributed by atoms with E-state index in [1.54, 1.807) is 0 Å². The van der Waals surface area contributed by atoms with Crippen molar-refractivity contribution < 1.29 is 0 Å². The smallest absolute Gasteiger partial charge is 0.0705 e. The minimum absolute atomic E-state index is 0.486. The fraction of sp³-hybridized carbons (Fsp3) is 0.250. The van der Waals surface area contributed by atoms with Crippen LogP contribution in [0.1, 0.15) is 35.2 Å². The summed E-state index contributed by atoms with van der Waals surface area (Å²) in [4.78, 5) is 4.80. The highest BCUT2D eigenvalue weighted by Crippen LogP contribution is 2.26. The van der Waals surface area contributed by atoms with Crippen molar-refractivity contribution in [2.24, 2.45) is 0 Å². The van der Waals surface area contributed by atoms with Gasteiger partial charge in [0.25, 0.3) is 0 Å². The third-order valence-corrected chi connectivity index (χ3v) is 4.21. The quantitative estimate of drug-likeness (QED) is 0.640. The number of hydrogen-bond acceptors (Lipinski definition) is 1. The number of nitrogens with zero attached hydrogens (tertiary/aromatic N) is 1. The molecule has 1 atom stereocenters. The van der Waals surface area contributed by atoms with E-state index < -0.39 is 0 Å². The van der Waals surface area contributed by atoms with Gasteiger partial charge in [0.05, 0.1) is 5.52 Å².